The molecule has 0 atom stereocenters. The van der Waals surface area contributed by atoms with Gasteiger partial charge in [-0.3, -0.25) is 9.59 Å². The van der Waals surface area contributed by atoms with E-state index in [1.807, 2.05) is 39.0 Å². The number of benzene rings is 1. The van der Waals surface area contributed by atoms with Crippen molar-refractivity contribution in [3.05, 3.63) is 41.0 Å². The van der Waals surface area contributed by atoms with Crippen LogP contribution < -0.4 is 5.32 Å². The van der Waals surface area contributed by atoms with Gasteiger partial charge in [0.25, 0.3) is 5.91 Å². The predicted octanol–water partition coefficient (Wildman–Crippen LogP) is 2.18. The number of allylic oxidation sites excluding steroid dienone is 1. The quantitative estimate of drug-likeness (QED) is 0.790. The fraction of sp³-hybridized carbons (Fsp3) is 0.286. The molecule has 0 aromatic heterocycles. The fourth-order valence-corrected chi connectivity index (χ4v) is 2.06. The molecule has 0 saturated heterocycles. The number of hydrogen-bond acceptors (Lipinski definition) is 2. The molecule has 0 saturated carbocycles. The minimum Gasteiger partial charge on any atom is -0.350 e. The first-order chi connectivity index (χ1) is 8.02. The zero-order chi connectivity index (χ0) is 12.6. The molecule has 2 rings (SSSR count). The van der Waals surface area contributed by atoms with Gasteiger partial charge >= 0.3 is 0 Å². The standard InChI is InChI=1S/C14H15NO2/c1-8(2)15-14(17)12-9(3)10-6-4-5-7-11(10)13(12)16/h4-8H,1-3H3,(H,15,17). The van der Waals surface area contributed by atoms with Crippen LogP contribution in [0.4, 0.5) is 0 Å². The molecule has 0 aliphatic heterocycles. The first-order valence-electron chi connectivity index (χ1n) is 5.68. The summed E-state index contributed by atoms with van der Waals surface area (Å²) in [6.45, 7) is 5.57. The number of hydrogen-bond donors (Lipinski definition) is 1. The maximum absolute atomic E-state index is 12.1. The van der Waals surface area contributed by atoms with Crippen LogP contribution in [0.2, 0.25) is 0 Å². The average Bonchev–Trinajstić information content (AvgIpc) is 2.51. The average molecular weight is 229 g/mol. The number of ketones is 1. The van der Waals surface area contributed by atoms with Crippen LogP contribution in [0.1, 0.15) is 36.7 Å². The third kappa shape index (κ3) is 1.88. The summed E-state index contributed by atoms with van der Waals surface area (Å²) in [7, 11) is 0. The molecule has 1 aromatic carbocycles. The van der Waals surface area contributed by atoms with Gasteiger partial charge in [0.05, 0.1) is 5.57 Å². The number of rotatable bonds is 2. The molecule has 1 aliphatic carbocycles. The van der Waals surface area contributed by atoms with Crippen LogP contribution >= 0.6 is 0 Å². The Hall–Kier alpha value is -1.90. The lowest BCUT2D eigenvalue weighted by Gasteiger charge is -2.08. The molecule has 88 valence electrons. The van der Waals surface area contributed by atoms with Crippen molar-refractivity contribution in [1.82, 2.24) is 5.32 Å². The van der Waals surface area contributed by atoms with Crippen molar-refractivity contribution >= 4 is 17.3 Å². The van der Waals surface area contributed by atoms with Crippen LogP contribution in [0.3, 0.4) is 0 Å². The number of carbonyl (C=O) groups excluding carboxylic acids is 2. The van der Waals surface area contributed by atoms with Crippen molar-refractivity contribution in [1.29, 1.82) is 0 Å². The van der Waals surface area contributed by atoms with Crippen LogP contribution in [-0.2, 0) is 4.79 Å². The largest absolute Gasteiger partial charge is 0.350 e. The second-order valence-electron chi connectivity index (χ2n) is 4.50. The number of Topliss-reactive ketones (excluding diaryl/α,β-unsaturated/α-hetero) is 1. The summed E-state index contributed by atoms with van der Waals surface area (Å²) in [5.41, 5.74) is 2.54. The van der Waals surface area contributed by atoms with Crippen LogP contribution in [0.15, 0.2) is 29.8 Å². The van der Waals surface area contributed by atoms with E-state index in [2.05, 4.69) is 5.32 Å². The molecule has 17 heavy (non-hydrogen) atoms. The van der Waals surface area contributed by atoms with E-state index in [4.69, 9.17) is 0 Å². The van der Waals surface area contributed by atoms with Crippen LogP contribution in [0, 0.1) is 0 Å². The Kier molecular flexibility index (Phi) is 2.84. The van der Waals surface area contributed by atoms with E-state index in [1.165, 1.54) is 0 Å². The minimum absolute atomic E-state index is 0.0271. The Labute approximate surface area is 101 Å². The van der Waals surface area contributed by atoms with Gasteiger partial charge in [-0.15, -0.1) is 0 Å². The highest BCUT2D eigenvalue weighted by molar-refractivity contribution is 6.34. The Morgan fingerprint density at radius 3 is 2.29 bits per heavy atom. The van der Waals surface area contributed by atoms with E-state index in [9.17, 15) is 9.59 Å². The molecule has 1 aromatic rings. The van der Waals surface area contributed by atoms with Gasteiger partial charge in [0.1, 0.15) is 0 Å². The van der Waals surface area contributed by atoms with Gasteiger partial charge in [0.2, 0.25) is 0 Å². The summed E-state index contributed by atoms with van der Waals surface area (Å²) in [5.74, 6) is -0.449. The Bertz CT molecular complexity index is 527. The summed E-state index contributed by atoms with van der Waals surface area (Å²) in [5, 5.41) is 2.76. The lowest BCUT2D eigenvalue weighted by Crippen LogP contribution is -2.33. The van der Waals surface area contributed by atoms with E-state index < -0.39 is 0 Å². The van der Waals surface area contributed by atoms with Gasteiger partial charge in [-0.25, -0.2) is 0 Å². The zero-order valence-electron chi connectivity index (χ0n) is 10.2. The molecule has 1 N–H and O–H groups in total. The molecule has 0 fully saturated rings. The van der Waals surface area contributed by atoms with Gasteiger partial charge in [-0.2, -0.15) is 0 Å². The first-order valence-corrected chi connectivity index (χ1v) is 5.68. The highest BCUT2D eigenvalue weighted by Crippen LogP contribution is 2.32. The summed E-state index contributed by atoms with van der Waals surface area (Å²) < 4.78 is 0. The van der Waals surface area contributed by atoms with E-state index in [1.54, 1.807) is 6.07 Å². The molecule has 1 amide bonds. The van der Waals surface area contributed by atoms with Gasteiger partial charge in [0, 0.05) is 11.6 Å². The lowest BCUT2D eigenvalue weighted by atomic mass is 10.1. The maximum atomic E-state index is 12.1. The SMILES string of the molecule is CC1=C(C(=O)NC(C)C)C(=O)c2ccccc21. The molecule has 0 heterocycles. The molecule has 0 spiro atoms. The zero-order valence-corrected chi connectivity index (χ0v) is 10.2. The third-order valence-electron chi connectivity index (χ3n) is 2.82. The van der Waals surface area contributed by atoms with Crippen molar-refractivity contribution in [3.63, 3.8) is 0 Å². The smallest absolute Gasteiger partial charge is 0.255 e. The van der Waals surface area contributed by atoms with E-state index >= 15 is 0 Å². The monoisotopic (exact) mass is 229 g/mol. The van der Waals surface area contributed by atoms with Gasteiger partial charge < -0.3 is 5.32 Å². The second kappa shape index (κ2) is 4.17. The number of fused-ring (bicyclic) bond motifs is 1. The highest BCUT2D eigenvalue weighted by Gasteiger charge is 2.31. The van der Waals surface area contributed by atoms with E-state index in [-0.39, 0.29) is 23.3 Å². The topological polar surface area (TPSA) is 46.2 Å². The number of nitrogens with one attached hydrogen (secondary N) is 1. The summed E-state index contributed by atoms with van der Waals surface area (Å²) in [4.78, 5) is 24.1. The molecule has 0 bridgehead atoms. The number of amides is 1. The molecule has 0 unspecified atom stereocenters. The van der Waals surface area contributed by atoms with Crippen molar-refractivity contribution in [2.45, 2.75) is 26.8 Å². The van der Waals surface area contributed by atoms with Crippen molar-refractivity contribution in [3.8, 4) is 0 Å². The third-order valence-corrected chi connectivity index (χ3v) is 2.82. The maximum Gasteiger partial charge on any atom is 0.255 e. The molecular weight excluding hydrogens is 214 g/mol. The minimum atomic E-state index is -0.279. The molecule has 3 heteroatoms. The Balaban J connectivity index is 2.42. The number of carbonyl (C=O) groups is 2. The molecule has 1 aliphatic rings. The highest BCUT2D eigenvalue weighted by atomic mass is 16.2. The van der Waals surface area contributed by atoms with Gasteiger partial charge in [0.15, 0.2) is 5.78 Å². The normalized spacial score (nSPS) is 14.2. The Morgan fingerprint density at radius 1 is 1.18 bits per heavy atom. The predicted molar refractivity (Wildman–Crippen MR) is 66.6 cm³/mol. The first kappa shape index (κ1) is 11.6. The van der Waals surface area contributed by atoms with Crippen LogP contribution in [0.25, 0.3) is 5.57 Å². The van der Waals surface area contributed by atoms with Gasteiger partial charge in [-0.05, 0) is 31.9 Å². The van der Waals surface area contributed by atoms with E-state index in [0.717, 1.165) is 11.1 Å². The van der Waals surface area contributed by atoms with Crippen LogP contribution in [-0.4, -0.2) is 17.7 Å². The molecule has 0 radical (unpaired) electrons. The fourth-order valence-electron chi connectivity index (χ4n) is 2.06. The lowest BCUT2D eigenvalue weighted by molar-refractivity contribution is -0.117. The van der Waals surface area contributed by atoms with E-state index in [0.29, 0.717) is 5.56 Å². The van der Waals surface area contributed by atoms with Gasteiger partial charge in [-0.1, -0.05) is 24.3 Å². The Morgan fingerprint density at radius 2 is 1.76 bits per heavy atom. The van der Waals surface area contributed by atoms with Crippen LogP contribution in [0.5, 0.6) is 0 Å². The van der Waals surface area contributed by atoms with Crippen molar-refractivity contribution < 1.29 is 9.59 Å². The van der Waals surface area contributed by atoms with Crippen molar-refractivity contribution in [2.24, 2.45) is 0 Å². The summed E-state index contributed by atoms with van der Waals surface area (Å²) >= 11 is 0. The second-order valence-corrected chi connectivity index (χ2v) is 4.50. The molecular formula is C14H15NO2. The molecule has 3 nitrogen and oxygen atoms in total. The summed E-state index contributed by atoms with van der Waals surface area (Å²) in [6.07, 6.45) is 0. The van der Waals surface area contributed by atoms with Crippen molar-refractivity contribution in [2.75, 3.05) is 0 Å². The summed E-state index contributed by atoms with van der Waals surface area (Å²) in [6, 6.07) is 7.35.